The highest BCUT2D eigenvalue weighted by atomic mass is 32.2. The Kier molecular flexibility index (Phi) is 5.68. The summed E-state index contributed by atoms with van der Waals surface area (Å²) in [5.74, 6) is -0.165. The van der Waals surface area contributed by atoms with Gasteiger partial charge in [0.15, 0.2) is 0 Å². The van der Waals surface area contributed by atoms with E-state index in [2.05, 4.69) is 5.32 Å². The zero-order chi connectivity index (χ0) is 14.6. The van der Waals surface area contributed by atoms with E-state index in [1.165, 1.54) is 11.3 Å². The van der Waals surface area contributed by atoms with Gasteiger partial charge in [0.1, 0.15) is 5.00 Å². The van der Waals surface area contributed by atoms with E-state index in [9.17, 15) is 14.7 Å². The van der Waals surface area contributed by atoms with Gasteiger partial charge >= 0.3 is 12.0 Å². The molecule has 5 nitrogen and oxygen atoms in total. The van der Waals surface area contributed by atoms with Crippen molar-refractivity contribution < 1.29 is 14.7 Å². The van der Waals surface area contributed by atoms with Crippen molar-refractivity contribution in [1.29, 1.82) is 0 Å². The van der Waals surface area contributed by atoms with E-state index >= 15 is 0 Å². The first-order valence-corrected chi connectivity index (χ1v) is 7.93. The van der Waals surface area contributed by atoms with Gasteiger partial charge in [0.05, 0.1) is 5.56 Å². The van der Waals surface area contributed by atoms with Crippen molar-refractivity contribution >= 4 is 40.1 Å². The van der Waals surface area contributed by atoms with Crippen molar-refractivity contribution in [3.8, 4) is 0 Å². The Bertz CT molecular complexity index is 486. The van der Waals surface area contributed by atoms with Crippen LogP contribution in [0.3, 0.4) is 0 Å². The van der Waals surface area contributed by atoms with Crippen molar-refractivity contribution in [3.05, 3.63) is 16.0 Å². The number of carboxylic acid groups (broad SMARTS) is 1. The molecule has 0 aliphatic carbocycles. The third kappa shape index (κ3) is 3.87. The van der Waals surface area contributed by atoms with E-state index in [0.717, 1.165) is 10.6 Å². The lowest BCUT2D eigenvalue weighted by atomic mass is 10.1. The molecule has 1 rings (SSSR count). The van der Waals surface area contributed by atoms with Crippen molar-refractivity contribution in [1.82, 2.24) is 4.90 Å². The van der Waals surface area contributed by atoms with Gasteiger partial charge in [-0.3, -0.25) is 5.32 Å². The molecule has 19 heavy (non-hydrogen) atoms. The average Bonchev–Trinajstić information content (AvgIpc) is 2.61. The minimum Gasteiger partial charge on any atom is -0.478 e. The number of nitrogens with one attached hydrogen (secondary N) is 1. The molecule has 0 radical (unpaired) electrons. The number of aromatic carboxylic acids is 1. The molecular formula is C12H18N2O3S2. The molecule has 0 aliphatic rings. The summed E-state index contributed by atoms with van der Waals surface area (Å²) in [6.45, 7) is 4.22. The van der Waals surface area contributed by atoms with Crippen molar-refractivity contribution in [3.63, 3.8) is 0 Å². The molecule has 0 spiro atoms. The zero-order valence-electron chi connectivity index (χ0n) is 11.4. The number of anilines is 1. The molecule has 0 unspecified atom stereocenters. The Hall–Kier alpha value is -1.21. The largest absolute Gasteiger partial charge is 0.478 e. The second-order valence-corrected chi connectivity index (χ2v) is 6.35. The fourth-order valence-electron chi connectivity index (χ4n) is 1.49. The first-order chi connectivity index (χ1) is 8.88. The third-order valence-electron chi connectivity index (χ3n) is 2.80. The topological polar surface area (TPSA) is 69.6 Å². The summed E-state index contributed by atoms with van der Waals surface area (Å²) in [5, 5.41) is 12.3. The number of carbonyl (C=O) groups is 2. The van der Waals surface area contributed by atoms with Crippen LogP contribution in [0.4, 0.5) is 9.80 Å². The zero-order valence-corrected chi connectivity index (χ0v) is 13.1. The van der Waals surface area contributed by atoms with Gasteiger partial charge in [0.25, 0.3) is 0 Å². The predicted molar refractivity (Wildman–Crippen MR) is 80.8 cm³/mol. The number of hydrogen-bond acceptors (Lipinski definition) is 4. The predicted octanol–water partition coefficient (Wildman–Crippen LogP) is 2.89. The highest BCUT2D eigenvalue weighted by Gasteiger charge is 2.21. The highest BCUT2D eigenvalue weighted by Crippen LogP contribution is 2.32. The first kappa shape index (κ1) is 15.8. The number of thioether (sulfide) groups is 1. The van der Waals surface area contributed by atoms with Crippen molar-refractivity contribution in [2.24, 2.45) is 0 Å². The maximum Gasteiger partial charge on any atom is 0.338 e. The molecule has 0 fully saturated rings. The van der Waals surface area contributed by atoms with Gasteiger partial charge in [-0.05, 0) is 25.7 Å². The molecule has 2 N–H and O–H groups in total. The highest BCUT2D eigenvalue weighted by molar-refractivity contribution is 7.98. The number of aryl methyl sites for hydroxylation is 1. The van der Waals surface area contributed by atoms with E-state index in [-0.39, 0.29) is 11.6 Å². The number of amides is 2. The van der Waals surface area contributed by atoms with E-state index < -0.39 is 5.97 Å². The molecule has 0 saturated heterocycles. The Balaban J connectivity index is 2.85. The summed E-state index contributed by atoms with van der Waals surface area (Å²) in [7, 11) is 1.69. The number of hydrogen-bond donors (Lipinski definition) is 2. The summed E-state index contributed by atoms with van der Waals surface area (Å²) >= 11 is 2.95. The minimum atomic E-state index is -1.01. The summed E-state index contributed by atoms with van der Waals surface area (Å²) in [5.41, 5.74) is 0.897. The van der Waals surface area contributed by atoms with Gasteiger partial charge < -0.3 is 10.0 Å². The van der Waals surface area contributed by atoms with Gasteiger partial charge in [-0.15, -0.1) is 11.3 Å². The van der Waals surface area contributed by atoms with Gasteiger partial charge in [0, 0.05) is 24.2 Å². The number of carboxylic acids is 1. The van der Waals surface area contributed by atoms with E-state index in [0.29, 0.717) is 17.1 Å². The molecule has 7 heteroatoms. The number of urea groups is 1. The van der Waals surface area contributed by atoms with Crippen LogP contribution in [0.15, 0.2) is 0 Å². The fraction of sp³-hybridized carbons (Fsp3) is 0.500. The van der Waals surface area contributed by atoms with Crippen LogP contribution in [0.2, 0.25) is 0 Å². The lowest BCUT2D eigenvalue weighted by Gasteiger charge is -2.17. The second-order valence-electron chi connectivity index (χ2n) is 4.14. The number of rotatable bonds is 5. The van der Waals surface area contributed by atoms with Crippen molar-refractivity contribution in [2.75, 3.05) is 30.9 Å². The summed E-state index contributed by atoms with van der Waals surface area (Å²) in [6.07, 6.45) is 1.97. The first-order valence-electron chi connectivity index (χ1n) is 5.72. The van der Waals surface area contributed by atoms with Gasteiger partial charge in [-0.25, -0.2) is 9.59 Å². The number of nitrogens with zero attached hydrogens (tertiary/aromatic N) is 1. The molecule has 106 valence electrons. The van der Waals surface area contributed by atoms with Crippen LogP contribution in [0.25, 0.3) is 0 Å². The van der Waals surface area contributed by atoms with Gasteiger partial charge in [-0.1, -0.05) is 0 Å². The Morgan fingerprint density at radius 2 is 2.05 bits per heavy atom. The monoisotopic (exact) mass is 302 g/mol. The molecule has 0 saturated carbocycles. The number of thiophene rings is 1. The van der Waals surface area contributed by atoms with Crippen LogP contribution in [0.5, 0.6) is 0 Å². The Morgan fingerprint density at radius 3 is 2.58 bits per heavy atom. The Morgan fingerprint density at radius 1 is 1.42 bits per heavy atom. The number of carbonyl (C=O) groups excluding carboxylic acids is 1. The molecule has 2 amide bonds. The van der Waals surface area contributed by atoms with E-state index in [4.69, 9.17) is 0 Å². The van der Waals surface area contributed by atoms with Gasteiger partial charge in [-0.2, -0.15) is 11.8 Å². The standard InChI is InChI=1S/C12H18N2O3S2/c1-7-8(2)19-10(9(7)11(15)16)13-12(17)14(3)5-6-18-4/h5-6H2,1-4H3,(H,13,17)(H,15,16). The normalized spacial score (nSPS) is 10.3. The average molecular weight is 302 g/mol. The molecule has 0 atom stereocenters. The SMILES string of the molecule is CSCCN(C)C(=O)Nc1sc(C)c(C)c1C(=O)O. The fourth-order valence-corrected chi connectivity index (χ4v) is 2.99. The van der Waals surface area contributed by atoms with Crippen LogP contribution in [0.1, 0.15) is 20.8 Å². The lowest BCUT2D eigenvalue weighted by molar-refractivity contribution is 0.0697. The summed E-state index contributed by atoms with van der Waals surface area (Å²) < 4.78 is 0. The minimum absolute atomic E-state index is 0.189. The van der Waals surface area contributed by atoms with Crippen LogP contribution >= 0.6 is 23.1 Å². The Labute approximate surface area is 121 Å². The molecular weight excluding hydrogens is 284 g/mol. The van der Waals surface area contributed by atoms with E-state index in [1.54, 1.807) is 30.6 Å². The molecule has 1 aromatic heterocycles. The molecule has 0 bridgehead atoms. The van der Waals surface area contributed by atoms with Crippen LogP contribution in [-0.4, -0.2) is 47.6 Å². The van der Waals surface area contributed by atoms with Gasteiger partial charge in [0.2, 0.25) is 0 Å². The lowest BCUT2D eigenvalue weighted by Crippen LogP contribution is -2.33. The maximum atomic E-state index is 11.9. The summed E-state index contributed by atoms with van der Waals surface area (Å²) in [4.78, 5) is 25.6. The van der Waals surface area contributed by atoms with Crippen LogP contribution in [0, 0.1) is 13.8 Å². The second kappa shape index (κ2) is 6.81. The van der Waals surface area contributed by atoms with Crippen LogP contribution < -0.4 is 5.32 Å². The molecule has 1 heterocycles. The van der Waals surface area contributed by atoms with E-state index in [1.807, 2.05) is 13.2 Å². The quantitative estimate of drug-likeness (QED) is 0.877. The van der Waals surface area contributed by atoms with Crippen LogP contribution in [-0.2, 0) is 0 Å². The summed E-state index contributed by atoms with van der Waals surface area (Å²) in [6, 6.07) is -0.280. The smallest absolute Gasteiger partial charge is 0.338 e. The maximum absolute atomic E-state index is 11.9. The molecule has 0 aliphatic heterocycles. The molecule has 1 aromatic rings. The van der Waals surface area contributed by atoms with Crippen molar-refractivity contribution in [2.45, 2.75) is 13.8 Å². The molecule has 0 aromatic carbocycles. The third-order valence-corrected chi connectivity index (χ3v) is 4.51.